The molecule has 0 fully saturated rings. The lowest BCUT2D eigenvalue weighted by Crippen LogP contribution is -2.20. The van der Waals surface area contributed by atoms with Crippen molar-refractivity contribution in [2.45, 2.75) is 13.8 Å². The van der Waals surface area contributed by atoms with E-state index < -0.39 is 0 Å². The number of methoxy groups -OCH3 is 1. The first kappa shape index (κ1) is 17.3. The SMILES string of the molecule is CCOC(=O)c1ccc(NC(=O)Nc2ccc(OC)cc2C)cc1. The van der Waals surface area contributed by atoms with Crippen LogP contribution in [0, 0.1) is 6.92 Å². The predicted octanol–water partition coefficient (Wildman–Crippen LogP) is 3.82. The van der Waals surface area contributed by atoms with E-state index in [0.29, 0.717) is 23.5 Å². The molecule has 2 aromatic carbocycles. The van der Waals surface area contributed by atoms with Gasteiger partial charge in [-0.1, -0.05) is 0 Å². The maximum atomic E-state index is 12.1. The van der Waals surface area contributed by atoms with E-state index in [2.05, 4.69) is 10.6 Å². The molecule has 2 rings (SSSR count). The Hall–Kier alpha value is -3.02. The van der Waals surface area contributed by atoms with Gasteiger partial charge in [-0.25, -0.2) is 9.59 Å². The molecule has 0 bridgehead atoms. The number of hydrogen-bond donors (Lipinski definition) is 2. The lowest BCUT2D eigenvalue weighted by molar-refractivity contribution is 0.0526. The van der Waals surface area contributed by atoms with E-state index in [1.165, 1.54) is 0 Å². The van der Waals surface area contributed by atoms with E-state index in [1.54, 1.807) is 50.4 Å². The predicted molar refractivity (Wildman–Crippen MR) is 92.8 cm³/mol. The van der Waals surface area contributed by atoms with Crippen molar-refractivity contribution in [3.63, 3.8) is 0 Å². The summed E-state index contributed by atoms with van der Waals surface area (Å²) in [6, 6.07) is 11.5. The molecule has 2 N–H and O–H groups in total. The third kappa shape index (κ3) is 4.49. The maximum absolute atomic E-state index is 12.1. The summed E-state index contributed by atoms with van der Waals surface area (Å²) >= 11 is 0. The highest BCUT2D eigenvalue weighted by molar-refractivity contribution is 6.00. The van der Waals surface area contributed by atoms with Gasteiger partial charge in [0, 0.05) is 11.4 Å². The number of aryl methyl sites for hydroxylation is 1. The van der Waals surface area contributed by atoms with Crippen LogP contribution in [0.2, 0.25) is 0 Å². The smallest absolute Gasteiger partial charge is 0.338 e. The van der Waals surface area contributed by atoms with Crippen LogP contribution in [-0.4, -0.2) is 25.7 Å². The van der Waals surface area contributed by atoms with Gasteiger partial charge in [0.05, 0.1) is 19.3 Å². The molecule has 0 unspecified atom stereocenters. The lowest BCUT2D eigenvalue weighted by Gasteiger charge is -2.11. The van der Waals surface area contributed by atoms with Crippen LogP contribution >= 0.6 is 0 Å². The van der Waals surface area contributed by atoms with Gasteiger partial charge in [-0.2, -0.15) is 0 Å². The van der Waals surface area contributed by atoms with Crippen LogP contribution in [0.25, 0.3) is 0 Å². The van der Waals surface area contributed by atoms with Gasteiger partial charge in [-0.15, -0.1) is 0 Å². The first-order valence-electron chi connectivity index (χ1n) is 7.53. The highest BCUT2D eigenvalue weighted by atomic mass is 16.5. The highest BCUT2D eigenvalue weighted by Crippen LogP contribution is 2.21. The Labute approximate surface area is 140 Å². The Bertz CT molecular complexity index is 726. The van der Waals surface area contributed by atoms with Crippen molar-refractivity contribution in [2.24, 2.45) is 0 Å². The third-order valence-corrected chi connectivity index (χ3v) is 3.34. The standard InChI is InChI=1S/C18H20N2O4/c1-4-24-17(21)13-5-7-14(8-6-13)19-18(22)20-16-10-9-15(23-3)11-12(16)2/h5-11H,4H2,1-3H3,(H2,19,20,22). The summed E-state index contributed by atoms with van der Waals surface area (Å²) < 4.78 is 10.0. The van der Waals surface area contributed by atoms with Crippen molar-refractivity contribution in [1.82, 2.24) is 0 Å². The van der Waals surface area contributed by atoms with Gasteiger partial charge in [0.25, 0.3) is 0 Å². The molecule has 2 aromatic rings. The molecular formula is C18H20N2O4. The van der Waals surface area contributed by atoms with Gasteiger partial charge in [-0.05, 0) is 61.9 Å². The summed E-state index contributed by atoms with van der Waals surface area (Å²) in [5.41, 5.74) is 2.60. The average molecular weight is 328 g/mol. The van der Waals surface area contributed by atoms with E-state index in [0.717, 1.165) is 11.3 Å². The molecule has 6 heteroatoms. The fraction of sp³-hybridized carbons (Fsp3) is 0.222. The van der Waals surface area contributed by atoms with Crippen LogP contribution in [0.3, 0.4) is 0 Å². The topological polar surface area (TPSA) is 76.7 Å². The van der Waals surface area contributed by atoms with Gasteiger partial charge in [0.1, 0.15) is 5.75 Å². The van der Waals surface area contributed by atoms with Crippen molar-refractivity contribution in [3.8, 4) is 5.75 Å². The molecule has 0 saturated carbocycles. The average Bonchev–Trinajstić information content (AvgIpc) is 2.57. The second kappa shape index (κ2) is 8.01. The van der Waals surface area contributed by atoms with E-state index >= 15 is 0 Å². The minimum atomic E-state index is -0.387. The molecule has 0 radical (unpaired) electrons. The Morgan fingerprint density at radius 3 is 2.33 bits per heavy atom. The van der Waals surface area contributed by atoms with Crippen LogP contribution in [0.1, 0.15) is 22.8 Å². The van der Waals surface area contributed by atoms with E-state index in [9.17, 15) is 9.59 Å². The number of rotatable bonds is 5. The summed E-state index contributed by atoms with van der Waals surface area (Å²) in [5.74, 6) is 0.343. The number of carbonyl (C=O) groups excluding carboxylic acids is 2. The number of nitrogens with one attached hydrogen (secondary N) is 2. The normalized spacial score (nSPS) is 9.96. The number of ether oxygens (including phenoxy) is 2. The second-order valence-corrected chi connectivity index (χ2v) is 5.06. The molecular weight excluding hydrogens is 308 g/mol. The first-order valence-corrected chi connectivity index (χ1v) is 7.53. The monoisotopic (exact) mass is 328 g/mol. The molecule has 0 aliphatic carbocycles. The molecule has 0 spiro atoms. The van der Waals surface area contributed by atoms with Crippen LogP contribution in [0.4, 0.5) is 16.2 Å². The number of benzene rings is 2. The fourth-order valence-electron chi connectivity index (χ4n) is 2.09. The zero-order valence-corrected chi connectivity index (χ0v) is 13.9. The fourth-order valence-corrected chi connectivity index (χ4v) is 2.09. The van der Waals surface area contributed by atoms with Gasteiger partial charge in [0.2, 0.25) is 0 Å². The summed E-state index contributed by atoms with van der Waals surface area (Å²) in [6.07, 6.45) is 0. The van der Waals surface area contributed by atoms with E-state index in [1.807, 2.05) is 13.0 Å². The Kier molecular flexibility index (Phi) is 5.78. The first-order chi connectivity index (χ1) is 11.5. The van der Waals surface area contributed by atoms with Crippen molar-refractivity contribution in [2.75, 3.05) is 24.4 Å². The van der Waals surface area contributed by atoms with Gasteiger partial charge < -0.3 is 20.1 Å². The zero-order chi connectivity index (χ0) is 17.5. The molecule has 2 amide bonds. The molecule has 0 aliphatic heterocycles. The maximum Gasteiger partial charge on any atom is 0.338 e. The van der Waals surface area contributed by atoms with E-state index in [4.69, 9.17) is 9.47 Å². The second-order valence-electron chi connectivity index (χ2n) is 5.06. The number of urea groups is 1. The molecule has 6 nitrogen and oxygen atoms in total. The van der Waals surface area contributed by atoms with Crippen LogP contribution in [0.15, 0.2) is 42.5 Å². The van der Waals surface area contributed by atoms with Gasteiger partial charge in [0.15, 0.2) is 0 Å². The van der Waals surface area contributed by atoms with Crippen LogP contribution < -0.4 is 15.4 Å². The molecule has 0 aliphatic rings. The Morgan fingerprint density at radius 2 is 1.75 bits per heavy atom. The third-order valence-electron chi connectivity index (χ3n) is 3.34. The Morgan fingerprint density at radius 1 is 1.04 bits per heavy atom. The minimum Gasteiger partial charge on any atom is -0.497 e. The van der Waals surface area contributed by atoms with Crippen molar-refractivity contribution >= 4 is 23.4 Å². The molecule has 0 aromatic heterocycles. The molecule has 0 saturated heterocycles. The van der Waals surface area contributed by atoms with Crippen LogP contribution in [-0.2, 0) is 4.74 Å². The number of hydrogen-bond acceptors (Lipinski definition) is 4. The van der Waals surface area contributed by atoms with Crippen molar-refractivity contribution in [3.05, 3.63) is 53.6 Å². The summed E-state index contributed by atoms with van der Waals surface area (Å²) in [5, 5.41) is 5.48. The number of amides is 2. The molecule has 0 heterocycles. The number of carbonyl (C=O) groups is 2. The zero-order valence-electron chi connectivity index (χ0n) is 13.9. The molecule has 126 valence electrons. The summed E-state index contributed by atoms with van der Waals surface area (Å²) in [7, 11) is 1.59. The number of esters is 1. The lowest BCUT2D eigenvalue weighted by atomic mass is 10.2. The minimum absolute atomic E-state index is 0.322. The quantitative estimate of drug-likeness (QED) is 0.818. The van der Waals surface area contributed by atoms with E-state index in [-0.39, 0.29) is 12.0 Å². The highest BCUT2D eigenvalue weighted by Gasteiger charge is 2.08. The van der Waals surface area contributed by atoms with Crippen molar-refractivity contribution in [1.29, 1.82) is 0 Å². The molecule has 24 heavy (non-hydrogen) atoms. The van der Waals surface area contributed by atoms with Crippen molar-refractivity contribution < 1.29 is 19.1 Å². The van der Waals surface area contributed by atoms with Gasteiger partial charge >= 0.3 is 12.0 Å². The molecule has 0 atom stereocenters. The summed E-state index contributed by atoms with van der Waals surface area (Å²) in [4.78, 5) is 23.6. The summed E-state index contributed by atoms with van der Waals surface area (Å²) in [6.45, 7) is 3.95. The largest absolute Gasteiger partial charge is 0.497 e. The Balaban J connectivity index is 1.98. The van der Waals surface area contributed by atoms with Gasteiger partial charge in [-0.3, -0.25) is 0 Å². The van der Waals surface area contributed by atoms with Crippen LogP contribution in [0.5, 0.6) is 5.75 Å². The number of anilines is 2.